The molecule has 0 aromatic heterocycles. The van der Waals surface area contributed by atoms with Gasteiger partial charge >= 0.3 is 6.03 Å². The van der Waals surface area contributed by atoms with E-state index in [4.69, 9.17) is 16.3 Å². The predicted molar refractivity (Wildman–Crippen MR) is 103 cm³/mol. The largest absolute Gasteiger partial charge is 0.495 e. The molecule has 0 saturated carbocycles. The quantitative estimate of drug-likeness (QED) is 0.828. The van der Waals surface area contributed by atoms with Crippen LogP contribution in [0.5, 0.6) is 5.75 Å². The van der Waals surface area contributed by atoms with Crippen molar-refractivity contribution in [2.75, 3.05) is 34.3 Å². The summed E-state index contributed by atoms with van der Waals surface area (Å²) in [6.07, 6.45) is 0.578. The number of amides is 2. The Morgan fingerprint density at radius 2 is 1.88 bits per heavy atom. The first-order chi connectivity index (χ1) is 12.4. The first-order valence-corrected chi connectivity index (χ1v) is 9.90. The highest BCUT2D eigenvalue weighted by Gasteiger charge is 2.29. The second kappa shape index (κ2) is 7.43. The Morgan fingerprint density at radius 1 is 1.15 bits per heavy atom. The van der Waals surface area contributed by atoms with Gasteiger partial charge in [-0.1, -0.05) is 11.6 Å². The van der Waals surface area contributed by atoms with Gasteiger partial charge in [0.2, 0.25) is 10.0 Å². The van der Waals surface area contributed by atoms with Crippen LogP contribution in [0.25, 0.3) is 0 Å². The number of hydrogen-bond acceptors (Lipinski definition) is 4. The van der Waals surface area contributed by atoms with Gasteiger partial charge in [-0.2, -0.15) is 0 Å². The van der Waals surface area contributed by atoms with E-state index < -0.39 is 16.1 Å². The third-order valence-electron chi connectivity index (χ3n) is 3.92. The van der Waals surface area contributed by atoms with Gasteiger partial charge in [0, 0.05) is 17.3 Å². The van der Waals surface area contributed by atoms with Gasteiger partial charge in [0.25, 0.3) is 0 Å². The summed E-state index contributed by atoms with van der Waals surface area (Å²) in [5, 5.41) is 5.93. The molecule has 0 atom stereocenters. The lowest BCUT2D eigenvalue weighted by atomic mass is 10.2. The molecule has 9 heteroatoms. The average molecular weight is 396 g/mol. The maximum absolute atomic E-state index is 12.3. The Morgan fingerprint density at radius 3 is 2.50 bits per heavy atom. The molecule has 1 aliphatic rings. The Labute approximate surface area is 157 Å². The second-order valence-electron chi connectivity index (χ2n) is 5.71. The number of methoxy groups -OCH3 is 1. The zero-order chi connectivity index (χ0) is 18.7. The fourth-order valence-corrected chi connectivity index (χ4v) is 4.38. The van der Waals surface area contributed by atoms with Crippen molar-refractivity contribution in [3.63, 3.8) is 0 Å². The Bertz CT molecular complexity index is 916. The number of nitrogens with one attached hydrogen (secondary N) is 2. The van der Waals surface area contributed by atoms with Gasteiger partial charge in [0.1, 0.15) is 5.75 Å². The topological polar surface area (TPSA) is 87.7 Å². The molecule has 2 aromatic carbocycles. The summed E-state index contributed by atoms with van der Waals surface area (Å²) in [5.41, 5.74) is 1.44. The number of ether oxygens (including phenoxy) is 1. The molecule has 1 saturated heterocycles. The Kier molecular flexibility index (Phi) is 5.24. The molecule has 2 amide bonds. The highest BCUT2D eigenvalue weighted by Crippen LogP contribution is 2.32. The number of carbonyl (C=O) groups excluding carboxylic acids is 1. The summed E-state index contributed by atoms with van der Waals surface area (Å²) in [6, 6.07) is 11.1. The van der Waals surface area contributed by atoms with Crippen LogP contribution in [0.15, 0.2) is 42.5 Å². The third kappa shape index (κ3) is 4.03. The molecule has 1 aliphatic heterocycles. The van der Waals surface area contributed by atoms with Crippen molar-refractivity contribution in [2.24, 2.45) is 0 Å². The summed E-state index contributed by atoms with van der Waals surface area (Å²) in [5.74, 6) is 0.551. The molecule has 1 fully saturated rings. The van der Waals surface area contributed by atoms with Gasteiger partial charge < -0.3 is 15.4 Å². The lowest BCUT2D eigenvalue weighted by molar-refractivity contribution is 0.262. The summed E-state index contributed by atoms with van der Waals surface area (Å²) >= 11 is 5.82. The Balaban J connectivity index is 1.80. The minimum Gasteiger partial charge on any atom is -0.495 e. The van der Waals surface area contributed by atoms with Gasteiger partial charge in [0.05, 0.1) is 24.2 Å². The smallest absolute Gasteiger partial charge is 0.323 e. The van der Waals surface area contributed by atoms with Crippen molar-refractivity contribution in [2.45, 2.75) is 6.42 Å². The lowest BCUT2D eigenvalue weighted by Gasteiger charge is -2.19. The van der Waals surface area contributed by atoms with E-state index >= 15 is 0 Å². The van der Waals surface area contributed by atoms with Gasteiger partial charge in [-0.05, 0) is 48.9 Å². The van der Waals surface area contributed by atoms with Crippen molar-refractivity contribution in [3.05, 3.63) is 47.5 Å². The molecule has 0 unspecified atom stereocenters. The van der Waals surface area contributed by atoms with Gasteiger partial charge in [-0.25, -0.2) is 13.2 Å². The highest BCUT2D eigenvalue weighted by molar-refractivity contribution is 7.93. The minimum atomic E-state index is -3.31. The maximum Gasteiger partial charge on any atom is 0.323 e. The van der Waals surface area contributed by atoms with E-state index in [0.29, 0.717) is 40.8 Å². The summed E-state index contributed by atoms with van der Waals surface area (Å²) < 4.78 is 30.8. The van der Waals surface area contributed by atoms with Crippen molar-refractivity contribution < 1.29 is 17.9 Å². The van der Waals surface area contributed by atoms with Crippen LogP contribution in [0, 0.1) is 0 Å². The van der Waals surface area contributed by atoms with E-state index in [2.05, 4.69) is 10.6 Å². The molecule has 0 radical (unpaired) electrons. The van der Waals surface area contributed by atoms with Gasteiger partial charge in [0.15, 0.2) is 0 Å². The lowest BCUT2D eigenvalue weighted by Crippen LogP contribution is -2.25. The van der Waals surface area contributed by atoms with Crippen LogP contribution in [-0.4, -0.2) is 33.9 Å². The van der Waals surface area contributed by atoms with Crippen LogP contribution in [0.1, 0.15) is 6.42 Å². The number of halogens is 1. The van der Waals surface area contributed by atoms with Crippen LogP contribution in [0.4, 0.5) is 21.9 Å². The van der Waals surface area contributed by atoms with Crippen molar-refractivity contribution in [1.29, 1.82) is 0 Å². The number of anilines is 3. The maximum atomic E-state index is 12.3. The van der Waals surface area contributed by atoms with E-state index in [9.17, 15) is 13.2 Å². The normalized spacial score (nSPS) is 15.5. The number of urea groups is 1. The molecular formula is C17H18ClN3O4S. The molecule has 0 aliphatic carbocycles. The van der Waals surface area contributed by atoms with Crippen molar-refractivity contribution in [3.8, 4) is 5.75 Å². The monoisotopic (exact) mass is 395 g/mol. The van der Waals surface area contributed by atoms with E-state index in [1.807, 2.05) is 0 Å². The number of hydrogen-bond donors (Lipinski definition) is 2. The third-order valence-corrected chi connectivity index (χ3v) is 6.04. The van der Waals surface area contributed by atoms with Gasteiger partial charge in [-0.15, -0.1) is 0 Å². The number of rotatable bonds is 4. The number of sulfonamides is 1. The highest BCUT2D eigenvalue weighted by atomic mass is 35.5. The standard InChI is InChI=1S/C17H18ClN3O4S/c1-25-16-8-7-14(21-9-2-10-26(21,23)24)11-15(16)20-17(22)19-13-5-3-12(18)4-6-13/h3-8,11H,2,9-10H2,1H3,(H2,19,20,22). The number of carbonyl (C=O) groups is 1. The van der Waals surface area contributed by atoms with Crippen LogP contribution in [-0.2, 0) is 10.0 Å². The molecule has 2 N–H and O–H groups in total. The van der Waals surface area contributed by atoms with E-state index in [1.165, 1.54) is 11.4 Å². The van der Waals surface area contributed by atoms with Crippen LogP contribution < -0.4 is 19.7 Å². The molecular weight excluding hydrogens is 378 g/mol. The van der Waals surface area contributed by atoms with Crippen molar-refractivity contribution >= 4 is 44.7 Å². The van der Waals surface area contributed by atoms with Crippen LogP contribution in [0.2, 0.25) is 5.02 Å². The second-order valence-corrected chi connectivity index (χ2v) is 8.16. The zero-order valence-electron chi connectivity index (χ0n) is 14.0. The van der Waals surface area contributed by atoms with E-state index in [0.717, 1.165) is 0 Å². The molecule has 0 bridgehead atoms. The Hall–Kier alpha value is -2.45. The fraction of sp³-hybridized carbons (Fsp3) is 0.235. The first kappa shape index (κ1) is 18.3. The molecule has 3 rings (SSSR count). The fourth-order valence-electron chi connectivity index (χ4n) is 2.70. The van der Waals surface area contributed by atoms with Crippen LogP contribution in [0.3, 0.4) is 0 Å². The van der Waals surface area contributed by atoms with Crippen molar-refractivity contribution in [1.82, 2.24) is 0 Å². The predicted octanol–water partition coefficient (Wildman–Crippen LogP) is 3.53. The first-order valence-electron chi connectivity index (χ1n) is 7.91. The van der Waals surface area contributed by atoms with E-state index in [-0.39, 0.29) is 5.75 Å². The molecule has 26 heavy (non-hydrogen) atoms. The molecule has 138 valence electrons. The van der Waals surface area contributed by atoms with Crippen LogP contribution >= 0.6 is 11.6 Å². The molecule has 7 nitrogen and oxygen atoms in total. The summed E-state index contributed by atoms with van der Waals surface area (Å²) in [6.45, 7) is 0.422. The molecule has 1 heterocycles. The zero-order valence-corrected chi connectivity index (χ0v) is 15.6. The molecule has 0 spiro atoms. The van der Waals surface area contributed by atoms with Gasteiger partial charge in [-0.3, -0.25) is 4.31 Å². The average Bonchev–Trinajstić information content (AvgIpc) is 2.96. The van der Waals surface area contributed by atoms with E-state index in [1.54, 1.807) is 42.5 Å². The number of benzene rings is 2. The SMILES string of the molecule is COc1ccc(N2CCCS2(=O)=O)cc1NC(=O)Nc1ccc(Cl)cc1. The summed E-state index contributed by atoms with van der Waals surface area (Å²) in [7, 11) is -1.83. The minimum absolute atomic E-state index is 0.124. The summed E-state index contributed by atoms with van der Waals surface area (Å²) in [4.78, 5) is 12.3. The molecule has 2 aromatic rings. The number of nitrogens with zero attached hydrogens (tertiary/aromatic N) is 1.